The highest BCUT2D eigenvalue weighted by atomic mass is 16.1. The normalized spacial score (nSPS) is 10.2. The first kappa shape index (κ1) is 9.37. The van der Waals surface area contributed by atoms with E-state index in [1.165, 1.54) is 6.33 Å². The summed E-state index contributed by atoms with van der Waals surface area (Å²) in [4.78, 5) is 14.5. The van der Waals surface area contributed by atoms with E-state index in [4.69, 9.17) is 7.98 Å². The van der Waals surface area contributed by atoms with Crippen LogP contribution < -0.4 is 10.5 Å². The number of hydrogen-bond acceptors (Lipinski definition) is 4. The Kier molecular flexibility index (Phi) is 3.13. The van der Waals surface area contributed by atoms with Gasteiger partial charge >= 0.3 is 0 Å². The van der Waals surface area contributed by atoms with E-state index in [1.54, 1.807) is 24.0 Å². The first-order chi connectivity index (χ1) is 6.33. The summed E-state index contributed by atoms with van der Waals surface area (Å²) in [6.07, 6.45) is 5.52. The second-order valence-electron chi connectivity index (χ2n) is 2.25. The van der Waals surface area contributed by atoms with E-state index in [2.05, 4.69) is 15.5 Å². The summed E-state index contributed by atoms with van der Waals surface area (Å²) in [5, 5.41) is 5.12. The van der Waals surface area contributed by atoms with Crippen molar-refractivity contribution in [2.75, 3.05) is 12.3 Å². The Labute approximate surface area is 77.3 Å². The van der Waals surface area contributed by atoms with Crippen LogP contribution in [0.15, 0.2) is 12.5 Å². The van der Waals surface area contributed by atoms with Gasteiger partial charge in [0, 0.05) is 19.4 Å². The van der Waals surface area contributed by atoms with Crippen LogP contribution in [0.1, 0.15) is 10.5 Å². The lowest BCUT2D eigenvalue weighted by Gasteiger charge is -1.97. The molecule has 1 aromatic rings. The molecule has 0 spiro atoms. The number of rotatable bonds is 4. The molecule has 0 aliphatic heterocycles. The maximum Gasteiger partial charge on any atom is 0.224 e. The smallest absolute Gasteiger partial charge is 0.224 e. The molecule has 1 rings (SSSR count). The maximum absolute atomic E-state index is 10.6. The zero-order chi connectivity index (χ0) is 9.68. The van der Waals surface area contributed by atoms with Gasteiger partial charge in [0.1, 0.15) is 17.8 Å². The lowest BCUT2D eigenvalue weighted by atomic mass is 10.3. The predicted octanol–water partition coefficient (Wildman–Crippen LogP) is -0.161. The molecule has 5 nitrogen and oxygen atoms in total. The Hall–Kier alpha value is -1.72. The molecule has 66 valence electrons. The van der Waals surface area contributed by atoms with Gasteiger partial charge in [-0.05, 0) is 0 Å². The summed E-state index contributed by atoms with van der Waals surface area (Å²) in [6, 6.07) is 0. The van der Waals surface area contributed by atoms with Crippen molar-refractivity contribution in [2.45, 2.75) is 0 Å². The highest BCUT2D eigenvalue weighted by Crippen LogP contribution is 2.09. The monoisotopic (exact) mass is 176 g/mol. The Morgan fingerprint density at radius 2 is 2.46 bits per heavy atom. The van der Waals surface area contributed by atoms with Gasteiger partial charge in [-0.1, -0.05) is 0 Å². The summed E-state index contributed by atoms with van der Waals surface area (Å²) in [7, 11) is 6.90. The van der Waals surface area contributed by atoms with Crippen molar-refractivity contribution in [3.05, 3.63) is 18.2 Å². The SMILES string of the molecule is [B]Nc1ncn(/C=C\NC)c1C=O. The maximum atomic E-state index is 10.6. The third-order valence-electron chi connectivity index (χ3n) is 1.48. The van der Waals surface area contributed by atoms with Crippen molar-refractivity contribution in [3.63, 3.8) is 0 Å². The number of aromatic nitrogens is 2. The second-order valence-corrected chi connectivity index (χ2v) is 2.25. The molecule has 0 saturated heterocycles. The standard InChI is InChI=1S/C7H9BN4O/c1-9-2-3-12-5-10-7(11-8)6(12)4-13/h2-5,9,11H,1H3/b3-2-. The van der Waals surface area contributed by atoms with Crippen LogP contribution in [-0.4, -0.2) is 30.9 Å². The third kappa shape index (κ3) is 1.90. The van der Waals surface area contributed by atoms with E-state index in [9.17, 15) is 4.79 Å². The van der Waals surface area contributed by atoms with Crippen LogP contribution in [0.3, 0.4) is 0 Å². The number of carbonyl (C=O) groups is 1. The van der Waals surface area contributed by atoms with Crippen LogP contribution in [0.4, 0.5) is 5.82 Å². The molecule has 0 saturated carbocycles. The van der Waals surface area contributed by atoms with Crippen molar-refractivity contribution in [3.8, 4) is 0 Å². The van der Waals surface area contributed by atoms with Gasteiger partial charge in [0.25, 0.3) is 0 Å². The lowest BCUT2D eigenvalue weighted by Crippen LogP contribution is -1.99. The number of anilines is 1. The number of hydrogen-bond donors (Lipinski definition) is 2. The van der Waals surface area contributed by atoms with Crippen LogP contribution in [0.5, 0.6) is 0 Å². The Balaban J connectivity index is 3.00. The van der Waals surface area contributed by atoms with Gasteiger partial charge in [-0.2, -0.15) is 0 Å². The average Bonchev–Trinajstić information content (AvgIpc) is 2.56. The molecule has 1 heterocycles. The first-order valence-electron chi connectivity index (χ1n) is 3.66. The van der Waals surface area contributed by atoms with Crippen LogP contribution >= 0.6 is 0 Å². The molecule has 0 amide bonds. The third-order valence-corrected chi connectivity index (χ3v) is 1.48. The van der Waals surface area contributed by atoms with Gasteiger partial charge in [0.05, 0.1) is 0 Å². The summed E-state index contributed by atoms with van der Waals surface area (Å²) < 4.78 is 1.55. The molecule has 2 radical (unpaired) electrons. The lowest BCUT2D eigenvalue weighted by molar-refractivity contribution is 0.111. The Bertz CT molecular complexity index is 320. The predicted molar refractivity (Wildman–Crippen MR) is 51.4 cm³/mol. The highest BCUT2D eigenvalue weighted by Gasteiger charge is 2.05. The molecular formula is C7H9BN4O. The van der Waals surface area contributed by atoms with Crippen molar-refractivity contribution in [2.24, 2.45) is 0 Å². The first-order valence-corrected chi connectivity index (χ1v) is 3.66. The molecule has 0 atom stereocenters. The van der Waals surface area contributed by atoms with Gasteiger partial charge in [0.15, 0.2) is 6.29 Å². The van der Waals surface area contributed by atoms with E-state index < -0.39 is 0 Å². The number of carbonyl (C=O) groups excluding carboxylic acids is 1. The summed E-state index contributed by atoms with van der Waals surface area (Å²) in [5.74, 6) is 0.357. The van der Waals surface area contributed by atoms with Crippen molar-refractivity contribution < 1.29 is 4.79 Å². The molecular weight excluding hydrogens is 167 g/mol. The topological polar surface area (TPSA) is 59.0 Å². The molecule has 0 fully saturated rings. The fourth-order valence-electron chi connectivity index (χ4n) is 0.872. The number of imidazole rings is 1. The van der Waals surface area contributed by atoms with Gasteiger partial charge in [-0.25, -0.2) is 4.98 Å². The largest absolute Gasteiger partial charge is 0.421 e. The molecule has 0 bridgehead atoms. The number of nitrogens with zero attached hydrogens (tertiary/aromatic N) is 2. The fraction of sp³-hybridized carbons (Fsp3) is 0.143. The second kappa shape index (κ2) is 4.35. The van der Waals surface area contributed by atoms with Crippen molar-refractivity contribution in [1.29, 1.82) is 0 Å². The zero-order valence-electron chi connectivity index (χ0n) is 7.19. The number of aldehydes is 1. The molecule has 13 heavy (non-hydrogen) atoms. The van der Waals surface area contributed by atoms with E-state index in [0.29, 0.717) is 17.8 Å². The zero-order valence-corrected chi connectivity index (χ0v) is 7.19. The molecule has 0 aromatic carbocycles. The van der Waals surface area contributed by atoms with Crippen molar-refractivity contribution in [1.82, 2.24) is 14.9 Å². The van der Waals surface area contributed by atoms with Crippen LogP contribution in [0.25, 0.3) is 6.20 Å². The minimum atomic E-state index is 0.357. The molecule has 1 aromatic heterocycles. The summed E-state index contributed by atoms with van der Waals surface area (Å²) in [6.45, 7) is 0. The summed E-state index contributed by atoms with van der Waals surface area (Å²) in [5.41, 5.74) is 0.383. The minimum absolute atomic E-state index is 0.357. The fourth-order valence-corrected chi connectivity index (χ4v) is 0.872. The van der Waals surface area contributed by atoms with Crippen LogP contribution in [0.2, 0.25) is 0 Å². The molecule has 2 N–H and O–H groups in total. The molecule has 6 heteroatoms. The van der Waals surface area contributed by atoms with E-state index >= 15 is 0 Å². The van der Waals surface area contributed by atoms with Gasteiger partial charge in [-0.15, -0.1) is 0 Å². The summed E-state index contributed by atoms with van der Waals surface area (Å²) >= 11 is 0. The van der Waals surface area contributed by atoms with Crippen molar-refractivity contribution >= 4 is 26.3 Å². The van der Waals surface area contributed by atoms with E-state index in [1.807, 2.05) is 0 Å². The Morgan fingerprint density at radius 1 is 1.69 bits per heavy atom. The van der Waals surface area contributed by atoms with Crippen LogP contribution in [0, 0.1) is 0 Å². The molecule has 0 aliphatic rings. The van der Waals surface area contributed by atoms with E-state index in [-0.39, 0.29) is 0 Å². The van der Waals surface area contributed by atoms with E-state index in [0.717, 1.165) is 0 Å². The van der Waals surface area contributed by atoms with Gasteiger partial charge in [-0.3, -0.25) is 4.79 Å². The Morgan fingerprint density at radius 3 is 3.00 bits per heavy atom. The molecule has 0 aliphatic carbocycles. The number of nitrogens with one attached hydrogen (secondary N) is 2. The van der Waals surface area contributed by atoms with Gasteiger partial charge in [0.2, 0.25) is 7.98 Å². The average molecular weight is 176 g/mol. The quantitative estimate of drug-likeness (QED) is 0.494. The van der Waals surface area contributed by atoms with Crippen LogP contribution in [-0.2, 0) is 0 Å². The van der Waals surface area contributed by atoms with Gasteiger partial charge < -0.3 is 15.1 Å². The minimum Gasteiger partial charge on any atom is -0.421 e. The molecule has 0 unspecified atom stereocenters. The highest BCUT2D eigenvalue weighted by molar-refractivity contribution is 6.16.